The molecule has 1 amide bonds. The maximum absolute atomic E-state index is 12.0. The quantitative estimate of drug-likeness (QED) is 0.322. The van der Waals surface area contributed by atoms with Gasteiger partial charge < -0.3 is 20.3 Å². The van der Waals surface area contributed by atoms with Crippen LogP contribution in [0.25, 0.3) is 0 Å². The van der Waals surface area contributed by atoms with Gasteiger partial charge in [-0.1, -0.05) is 44.7 Å². The second-order valence-corrected chi connectivity index (χ2v) is 8.90. The summed E-state index contributed by atoms with van der Waals surface area (Å²) in [4.78, 5) is 14.6. The molecular formula is C28H41N3O2. The molecule has 1 heterocycles. The van der Waals surface area contributed by atoms with Gasteiger partial charge in [0.05, 0.1) is 12.8 Å². The third-order valence-corrected chi connectivity index (χ3v) is 6.08. The molecule has 0 bridgehead atoms. The summed E-state index contributed by atoms with van der Waals surface area (Å²) in [5.41, 5.74) is 4.43. The zero-order valence-electron chi connectivity index (χ0n) is 21.0. The number of allylic oxidation sites excluding steroid dienone is 4. The highest BCUT2D eigenvalue weighted by Gasteiger charge is 2.21. The minimum Gasteiger partial charge on any atom is -0.495 e. The Labute approximate surface area is 200 Å². The van der Waals surface area contributed by atoms with E-state index in [0.29, 0.717) is 5.92 Å². The number of likely N-dealkylation sites (tertiary alicyclic amines) is 1. The topological polar surface area (TPSA) is 53.6 Å². The Bertz CT molecular complexity index is 875. The molecule has 2 N–H and O–H groups in total. The molecule has 1 aliphatic rings. The molecule has 1 aromatic carbocycles. The Morgan fingerprint density at radius 1 is 1.30 bits per heavy atom. The number of nitrogens with one attached hydrogen (secondary N) is 2. The molecule has 1 saturated heterocycles. The molecule has 5 nitrogen and oxygen atoms in total. The predicted molar refractivity (Wildman–Crippen MR) is 139 cm³/mol. The average molecular weight is 452 g/mol. The lowest BCUT2D eigenvalue weighted by molar-refractivity contribution is -0.118. The molecule has 0 aromatic heterocycles. The second kappa shape index (κ2) is 13.7. The van der Waals surface area contributed by atoms with Gasteiger partial charge >= 0.3 is 0 Å². The van der Waals surface area contributed by atoms with Crippen LogP contribution in [0.15, 0.2) is 72.3 Å². The number of hydrogen-bond acceptors (Lipinski definition) is 4. The molecule has 2 rings (SSSR count). The Balaban J connectivity index is 1.89. The van der Waals surface area contributed by atoms with Gasteiger partial charge in [-0.2, -0.15) is 0 Å². The van der Waals surface area contributed by atoms with Gasteiger partial charge in [-0.3, -0.25) is 4.79 Å². The summed E-state index contributed by atoms with van der Waals surface area (Å²) >= 11 is 0. The monoisotopic (exact) mass is 451 g/mol. The van der Waals surface area contributed by atoms with Crippen LogP contribution in [0.3, 0.4) is 0 Å². The van der Waals surface area contributed by atoms with Crippen molar-refractivity contribution in [2.75, 3.05) is 32.1 Å². The number of hydrogen-bond donors (Lipinski definition) is 2. The van der Waals surface area contributed by atoms with Crippen LogP contribution in [-0.2, 0) is 9.53 Å². The molecule has 0 unspecified atom stereocenters. The van der Waals surface area contributed by atoms with E-state index in [0.717, 1.165) is 56.0 Å². The highest BCUT2D eigenvalue weighted by molar-refractivity contribution is 5.92. The third kappa shape index (κ3) is 8.58. The summed E-state index contributed by atoms with van der Waals surface area (Å²) in [6.45, 7) is 14.9. The number of rotatable bonds is 11. The van der Waals surface area contributed by atoms with Gasteiger partial charge in [-0.05, 0) is 81.5 Å². The first kappa shape index (κ1) is 26.5. The molecule has 5 heteroatoms. The number of methoxy groups -OCH3 is 1. The number of carbonyl (C=O) groups excluding carboxylic acids is 1. The Morgan fingerprint density at radius 3 is 2.64 bits per heavy atom. The normalized spacial score (nSPS) is 16.6. The summed E-state index contributed by atoms with van der Waals surface area (Å²) in [7, 11) is 1.65. The minimum atomic E-state index is -0.0162. The lowest BCUT2D eigenvalue weighted by atomic mass is 9.89. The van der Waals surface area contributed by atoms with Crippen molar-refractivity contribution in [1.82, 2.24) is 10.2 Å². The van der Waals surface area contributed by atoms with Gasteiger partial charge in [0.1, 0.15) is 5.76 Å². The third-order valence-electron chi connectivity index (χ3n) is 6.08. The summed E-state index contributed by atoms with van der Waals surface area (Å²) in [5, 5.41) is 6.36. The molecule has 180 valence electrons. The number of amides is 1. The van der Waals surface area contributed by atoms with E-state index in [1.807, 2.05) is 33.8 Å². The van der Waals surface area contributed by atoms with E-state index in [-0.39, 0.29) is 11.8 Å². The van der Waals surface area contributed by atoms with Crippen molar-refractivity contribution in [2.24, 2.45) is 5.92 Å². The van der Waals surface area contributed by atoms with Crippen LogP contribution in [0.2, 0.25) is 0 Å². The number of ether oxygens (including phenoxy) is 1. The zero-order chi connectivity index (χ0) is 24.2. The fourth-order valence-electron chi connectivity index (χ4n) is 4.01. The molecule has 0 spiro atoms. The fourth-order valence-corrected chi connectivity index (χ4v) is 4.01. The Morgan fingerprint density at radius 2 is 2.03 bits per heavy atom. The van der Waals surface area contributed by atoms with E-state index >= 15 is 0 Å². The number of piperidine rings is 1. The summed E-state index contributed by atoms with van der Waals surface area (Å²) in [6, 6.07) is 8.37. The zero-order valence-corrected chi connectivity index (χ0v) is 21.0. The van der Waals surface area contributed by atoms with Crippen molar-refractivity contribution in [3.63, 3.8) is 0 Å². The first-order valence-electron chi connectivity index (χ1n) is 12.0. The van der Waals surface area contributed by atoms with Crippen LogP contribution in [0.5, 0.6) is 0 Å². The number of carbonyl (C=O) groups is 1. The van der Waals surface area contributed by atoms with E-state index in [1.165, 1.54) is 11.1 Å². The lowest BCUT2D eigenvalue weighted by Crippen LogP contribution is -2.33. The van der Waals surface area contributed by atoms with Crippen molar-refractivity contribution >= 4 is 11.6 Å². The standard InChI is InChI=1S/C28H41N3O2/c1-7-10-23(20-29-22(5)27(8-2)33-6)13-16-31-17-14-24(15-18-31)25-11-9-12-26(19-25)30-28(32)21(3)4/h7-12,19-21,24,29H,2,13-18H2,1,3-6H3,(H,30,32)/b10-7+,23-20+,27-22-. The van der Waals surface area contributed by atoms with Gasteiger partial charge in [0.15, 0.2) is 0 Å². The summed E-state index contributed by atoms with van der Waals surface area (Å²) < 4.78 is 5.31. The number of anilines is 1. The van der Waals surface area contributed by atoms with Crippen molar-refractivity contribution in [3.05, 3.63) is 77.9 Å². The Hall–Kier alpha value is -2.79. The molecule has 1 fully saturated rings. The van der Waals surface area contributed by atoms with Crippen molar-refractivity contribution in [2.45, 2.75) is 52.9 Å². The van der Waals surface area contributed by atoms with Gasteiger partial charge in [0.25, 0.3) is 0 Å². The number of benzene rings is 1. The summed E-state index contributed by atoms with van der Waals surface area (Å²) in [6.07, 6.45) is 11.3. The molecule has 0 aliphatic carbocycles. The van der Waals surface area contributed by atoms with Crippen LogP contribution >= 0.6 is 0 Å². The van der Waals surface area contributed by atoms with E-state index in [2.05, 4.69) is 58.7 Å². The molecule has 1 aliphatic heterocycles. The van der Waals surface area contributed by atoms with Gasteiger partial charge in [0, 0.05) is 24.4 Å². The van der Waals surface area contributed by atoms with E-state index in [1.54, 1.807) is 13.2 Å². The van der Waals surface area contributed by atoms with Crippen LogP contribution in [0.4, 0.5) is 5.69 Å². The molecule has 1 aromatic rings. The van der Waals surface area contributed by atoms with Gasteiger partial charge in [-0.15, -0.1) is 0 Å². The van der Waals surface area contributed by atoms with Crippen LogP contribution < -0.4 is 10.6 Å². The van der Waals surface area contributed by atoms with Crippen LogP contribution in [0.1, 0.15) is 58.4 Å². The first-order chi connectivity index (χ1) is 15.9. The molecule has 0 radical (unpaired) electrons. The molecule has 0 saturated carbocycles. The highest BCUT2D eigenvalue weighted by atomic mass is 16.5. The molecule has 0 atom stereocenters. The van der Waals surface area contributed by atoms with E-state index in [4.69, 9.17) is 4.74 Å². The SMILES string of the molecule is C=C/C(OC)=C(\C)N/C=C(\C=C\C)CCN1CCC(c2cccc(NC(=O)C(C)C)c2)CC1. The van der Waals surface area contributed by atoms with Crippen LogP contribution in [-0.4, -0.2) is 37.6 Å². The number of nitrogens with zero attached hydrogens (tertiary/aromatic N) is 1. The van der Waals surface area contributed by atoms with E-state index < -0.39 is 0 Å². The maximum atomic E-state index is 12.0. The highest BCUT2D eigenvalue weighted by Crippen LogP contribution is 2.30. The minimum absolute atomic E-state index is 0.0162. The summed E-state index contributed by atoms with van der Waals surface area (Å²) in [5.74, 6) is 1.34. The maximum Gasteiger partial charge on any atom is 0.226 e. The van der Waals surface area contributed by atoms with Crippen molar-refractivity contribution in [3.8, 4) is 0 Å². The van der Waals surface area contributed by atoms with E-state index in [9.17, 15) is 4.79 Å². The van der Waals surface area contributed by atoms with Crippen molar-refractivity contribution in [1.29, 1.82) is 0 Å². The average Bonchev–Trinajstić information content (AvgIpc) is 2.82. The predicted octanol–water partition coefficient (Wildman–Crippen LogP) is 5.96. The fraction of sp³-hybridized carbons (Fsp3) is 0.464. The van der Waals surface area contributed by atoms with Crippen molar-refractivity contribution < 1.29 is 9.53 Å². The van der Waals surface area contributed by atoms with Gasteiger partial charge in [-0.25, -0.2) is 0 Å². The second-order valence-electron chi connectivity index (χ2n) is 8.90. The Kier molecular flexibility index (Phi) is 11.0. The largest absolute Gasteiger partial charge is 0.495 e. The smallest absolute Gasteiger partial charge is 0.226 e. The van der Waals surface area contributed by atoms with Gasteiger partial charge in [0.2, 0.25) is 5.91 Å². The van der Waals surface area contributed by atoms with Crippen LogP contribution in [0, 0.1) is 5.92 Å². The lowest BCUT2D eigenvalue weighted by Gasteiger charge is -2.32. The first-order valence-corrected chi connectivity index (χ1v) is 12.0. The molecular weight excluding hydrogens is 410 g/mol. The molecule has 33 heavy (non-hydrogen) atoms.